The zero-order chi connectivity index (χ0) is 18.2. The predicted molar refractivity (Wildman–Crippen MR) is 101 cm³/mol. The molecular weight excluding hydrogens is 328 g/mol. The fourth-order valence-corrected chi connectivity index (χ4v) is 2.59. The van der Waals surface area contributed by atoms with Gasteiger partial charge in [0.05, 0.1) is 19.4 Å². The average molecular weight is 350 g/mol. The van der Waals surface area contributed by atoms with E-state index in [2.05, 4.69) is 5.32 Å². The monoisotopic (exact) mass is 350 g/mol. The highest BCUT2D eigenvalue weighted by molar-refractivity contribution is 5.89. The summed E-state index contributed by atoms with van der Waals surface area (Å²) in [5.74, 6) is 1.56. The average Bonchev–Trinajstić information content (AvgIpc) is 3.17. The molecule has 0 fully saturated rings. The Morgan fingerprint density at radius 2 is 1.77 bits per heavy atom. The van der Waals surface area contributed by atoms with Crippen molar-refractivity contribution in [2.75, 3.05) is 11.9 Å². The highest BCUT2D eigenvalue weighted by atomic mass is 16.5. The van der Waals surface area contributed by atoms with E-state index in [1.54, 1.807) is 11.2 Å². The van der Waals surface area contributed by atoms with Crippen LogP contribution in [0, 0.1) is 0 Å². The summed E-state index contributed by atoms with van der Waals surface area (Å²) in [7, 11) is 0. The molecule has 0 saturated heterocycles. The van der Waals surface area contributed by atoms with Gasteiger partial charge in [0.25, 0.3) is 0 Å². The van der Waals surface area contributed by atoms with Crippen molar-refractivity contribution in [1.82, 2.24) is 4.90 Å². The topological polar surface area (TPSA) is 54.7 Å². The first-order chi connectivity index (χ1) is 12.7. The maximum absolute atomic E-state index is 12.8. The number of hydrogen-bond acceptors (Lipinski definition) is 3. The molecule has 0 atom stereocenters. The van der Waals surface area contributed by atoms with Gasteiger partial charge in [-0.25, -0.2) is 4.79 Å². The number of nitrogens with zero attached hydrogens (tertiary/aromatic N) is 1. The standard InChI is InChI=1S/C21H22N2O3/c1-2-25-19-12-10-17(11-13-19)15-23(16-20-9-6-14-26-20)21(24)22-18-7-4-3-5-8-18/h3-14H,2,15-16H2,1H3,(H,22,24). The van der Waals surface area contributed by atoms with E-state index >= 15 is 0 Å². The number of hydrogen-bond donors (Lipinski definition) is 1. The first-order valence-electron chi connectivity index (χ1n) is 8.59. The van der Waals surface area contributed by atoms with Crippen LogP contribution in [0.2, 0.25) is 0 Å². The molecule has 0 radical (unpaired) electrons. The molecule has 3 aromatic rings. The second-order valence-corrected chi connectivity index (χ2v) is 5.81. The maximum atomic E-state index is 12.8. The Hall–Kier alpha value is -3.21. The van der Waals surface area contributed by atoms with Crippen LogP contribution in [-0.4, -0.2) is 17.5 Å². The van der Waals surface area contributed by atoms with Crippen molar-refractivity contribution < 1.29 is 13.9 Å². The van der Waals surface area contributed by atoms with Gasteiger partial charge in [0.15, 0.2) is 0 Å². The number of para-hydroxylation sites is 1. The second-order valence-electron chi connectivity index (χ2n) is 5.81. The number of urea groups is 1. The Morgan fingerprint density at radius 1 is 1.00 bits per heavy atom. The molecule has 0 aliphatic rings. The summed E-state index contributed by atoms with van der Waals surface area (Å²) in [5.41, 5.74) is 1.77. The van der Waals surface area contributed by atoms with Gasteiger partial charge in [-0.05, 0) is 48.9 Å². The van der Waals surface area contributed by atoms with Gasteiger partial charge in [-0.3, -0.25) is 0 Å². The van der Waals surface area contributed by atoms with Gasteiger partial charge >= 0.3 is 6.03 Å². The van der Waals surface area contributed by atoms with Crippen molar-refractivity contribution in [2.45, 2.75) is 20.0 Å². The van der Waals surface area contributed by atoms with Crippen molar-refractivity contribution in [3.63, 3.8) is 0 Å². The van der Waals surface area contributed by atoms with Crippen molar-refractivity contribution >= 4 is 11.7 Å². The number of ether oxygens (including phenoxy) is 1. The molecule has 0 aliphatic heterocycles. The number of carbonyl (C=O) groups excluding carboxylic acids is 1. The van der Waals surface area contributed by atoms with Gasteiger partial charge in [0.2, 0.25) is 0 Å². The lowest BCUT2D eigenvalue weighted by Gasteiger charge is -2.22. The van der Waals surface area contributed by atoms with Crippen LogP contribution in [0.3, 0.4) is 0 Å². The van der Waals surface area contributed by atoms with E-state index in [4.69, 9.17) is 9.15 Å². The van der Waals surface area contributed by atoms with E-state index in [0.717, 1.165) is 22.8 Å². The summed E-state index contributed by atoms with van der Waals surface area (Å²) in [4.78, 5) is 14.5. The highest BCUT2D eigenvalue weighted by Crippen LogP contribution is 2.17. The lowest BCUT2D eigenvalue weighted by atomic mass is 10.2. The fraction of sp³-hybridized carbons (Fsp3) is 0.190. The number of nitrogens with one attached hydrogen (secondary N) is 1. The zero-order valence-corrected chi connectivity index (χ0v) is 14.7. The molecule has 2 amide bonds. The summed E-state index contributed by atoms with van der Waals surface area (Å²) < 4.78 is 10.9. The van der Waals surface area contributed by atoms with Gasteiger partial charge in [-0.1, -0.05) is 30.3 Å². The van der Waals surface area contributed by atoms with Crippen molar-refractivity contribution in [2.24, 2.45) is 0 Å². The molecule has 0 unspecified atom stereocenters. The molecule has 1 aromatic heterocycles. The molecule has 1 N–H and O–H groups in total. The molecule has 0 spiro atoms. The second kappa shape index (κ2) is 8.76. The molecule has 2 aromatic carbocycles. The first kappa shape index (κ1) is 17.6. The van der Waals surface area contributed by atoms with Gasteiger partial charge in [-0.2, -0.15) is 0 Å². The number of amides is 2. The van der Waals surface area contributed by atoms with Crippen LogP contribution < -0.4 is 10.1 Å². The van der Waals surface area contributed by atoms with Crippen LogP contribution in [-0.2, 0) is 13.1 Å². The number of anilines is 1. The lowest BCUT2D eigenvalue weighted by Crippen LogP contribution is -2.33. The number of carbonyl (C=O) groups is 1. The Balaban J connectivity index is 1.73. The SMILES string of the molecule is CCOc1ccc(CN(Cc2ccco2)C(=O)Nc2ccccc2)cc1. The minimum absolute atomic E-state index is 0.179. The van der Waals surface area contributed by atoms with E-state index < -0.39 is 0 Å². The van der Waals surface area contributed by atoms with Crippen LogP contribution in [0.25, 0.3) is 0 Å². The van der Waals surface area contributed by atoms with Gasteiger partial charge < -0.3 is 19.4 Å². The predicted octanol–water partition coefficient (Wildman–Crippen LogP) is 4.91. The molecule has 5 heteroatoms. The van der Waals surface area contributed by atoms with Gasteiger partial charge in [-0.15, -0.1) is 0 Å². The summed E-state index contributed by atoms with van der Waals surface area (Å²) in [5, 5.41) is 2.93. The van der Waals surface area contributed by atoms with E-state index in [0.29, 0.717) is 19.7 Å². The summed E-state index contributed by atoms with van der Waals surface area (Å²) >= 11 is 0. The third-order valence-corrected chi connectivity index (χ3v) is 3.85. The third kappa shape index (κ3) is 4.89. The molecule has 3 rings (SSSR count). The zero-order valence-electron chi connectivity index (χ0n) is 14.7. The molecule has 0 saturated carbocycles. The maximum Gasteiger partial charge on any atom is 0.322 e. The first-order valence-corrected chi connectivity index (χ1v) is 8.59. The van der Waals surface area contributed by atoms with Crippen molar-refractivity contribution in [1.29, 1.82) is 0 Å². The molecular formula is C21H22N2O3. The summed E-state index contributed by atoms with van der Waals surface area (Å²) in [6.45, 7) is 3.43. The van der Waals surface area contributed by atoms with Crippen LogP contribution in [0.1, 0.15) is 18.2 Å². The Morgan fingerprint density at radius 3 is 2.42 bits per heavy atom. The lowest BCUT2D eigenvalue weighted by molar-refractivity contribution is 0.201. The Bertz CT molecular complexity index is 799. The third-order valence-electron chi connectivity index (χ3n) is 3.85. The van der Waals surface area contributed by atoms with E-state index in [-0.39, 0.29) is 6.03 Å². The van der Waals surface area contributed by atoms with Crippen molar-refractivity contribution in [3.05, 3.63) is 84.3 Å². The van der Waals surface area contributed by atoms with Crippen LogP contribution in [0.15, 0.2) is 77.4 Å². The van der Waals surface area contributed by atoms with Crippen LogP contribution in [0.5, 0.6) is 5.75 Å². The molecule has 0 bridgehead atoms. The molecule has 0 aliphatic carbocycles. The van der Waals surface area contributed by atoms with E-state index in [1.807, 2.05) is 73.7 Å². The summed E-state index contributed by atoms with van der Waals surface area (Å²) in [6.07, 6.45) is 1.61. The van der Waals surface area contributed by atoms with E-state index in [1.165, 1.54) is 0 Å². The van der Waals surface area contributed by atoms with Crippen LogP contribution >= 0.6 is 0 Å². The Kier molecular flexibility index (Phi) is 5.93. The molecule has 26 heavy (non-hydrogen) atoms. The molecule has 5 nitrogen and oxygen atoms in total. The van der Waals surface area contributed by atoms with E-state index in [9.17, 15) is 4.79 Å². The Labute approximate surface area is 153 Å². The smallest absolute Gasteiger partial charge is 0.322 e. The fourth-order valence-electron chi connectivity index (χ4n) is 2.59. The largest absolute Gasteiger partial charge is 0.494 e. The number of benzene rings is 2. The number of rotatable bonds is 7. The van der Waals surface area contributed by atoms with Crippen molar-refractivity contribution in [3.8, 4) is 5.75 Å². The highest BCUT2D eigenvalue weighted by Gasteiger charge is 2.16. The van der Waals surface area contributed by atoms with Gasteiger partial charge in [0, 0.05) is 12.2 Å². The van der Waals surface area contributed by atoms with Crippen LogP contribution in [0.4, 0.5) is 10.5 Å². The minimum Gasteiger partial charge on any atom is -0.494 e. The van der Waals surface area contributed by atoms with Gasteiger partial charge in [0.1, 0.15) is 11.5 Å². The number of furan rings is 1. The molecule has 134 valence electrons. The normalized spacial score (nSPS) is 10.3. The summed E-state index contributed by atoms with van der Waals surface area (Å²) in [6, 6.07) is 20.7. The molecule has 1 heterocycles. The minimum atomic E-state index is -0.179. The quantitative estimate of drug-likeness (QED) is 0.658.